The number of para-hydroxylation sites is 2. The molecule has 208 valence electrons. The number of fused-ring (bicyclic) bond motifs is 4. The van der Waals surface area contributed by atoms with Crippen LogP contribution in [-0.4, -0.2) is 0 Å². The smallest absolute Gasteiger partial charge is 0.143 e. The highest BCUT2D eigenvalue weighted by atomic mass is 16.3. The summed E-state index contributed by atoms with van der Waals surface area (Å²) in [6.07, 6.45) is 0. The van der Waals surface area contributed by atoms with Crippen molar-refractivity contribution >= 4 is 65.0 Å². The summed E-state index contributed by atoms with van der Waals surface area (Å²) in [5.41, 5.74) is -1.31. The van der Waals surface area contributed by atoms with Crippen LogP contribution in [0.2, 0.25) is 0 Å². The molecule has 0 aliphatic heterocycles. The van der Waals surface area contributed by atoms with Crippen molar-refractivity contribution in [3.8, 4) is 33.4 Å². The summed E-state index contributed by atoms with van der Waals surface area (Å²) >= 11 is 0. The first-order valence-corrected chi connectivity index (χ1v) is 14.0. The summed E-state index contributed by atoms with van der Waals surface area (Å²) in [7, 11) is 0. The average molecular weight is 590 g/mol. The van der Waals surface area contributed by atoms with Crippen LogP contribution in [0.3, 0.4) is 0 Å². The maximum atomic E-state index is 9.60. The molecular formula is C44H26O. The van der Waals surface area contributed by atoms with E-state index in [4.69, 9.17) is 16.8 Å². The van der Waals surface area contributed by atoms with Gasteiger partial charge in [0.1, 0.15) is 11.2 Å². The van der Waals surface area contributed by atoms with Gasteiger partial charge in [0, 0.05) is 16.3 Å². The molecule has 9 aromatic carbocycles. The standard InChI is InChI=1S/C44H26O/c1-2-9-32-27(7-1)8-5-11-33(32)28-15-17-29(18-16-28)34-23-21-30-19-20-31-22-24-35(38-26-25-37(34)42(30)43(31)38)39-12-6-13-40-36-10-3-4-14-41(36)45-44(39)40/h1-26H/i1D,2D,5D,7D,8D,9D,11D,15D,16D,17D,18D,19D,20D,21D,22D,23D,24D,25D,26D. The van der Waals surface area contributed by atoms with E-state index in [9.17, 15) is 13.7 Å². The van der Waals surface area contributed by atoms with Gasteiger partial charge in [0.2, 0.25) is 0 Å². The Bertz CT molecular complexity index is 3800. The Morgan fingerprint density at radius 2 is 1.00 bits per heavy atom. The summed E-state index contributed by atoms with van der Waals surface area (Å²) in [5, 5.41) is -0.850. The third kappa shape index (κ3) is 3.56. The van der Waals surface area contributed by atoms with Crippen LogP contribution in [0.15, 0.2) is 162 Å². The summed E-state index contributed by atoms with van der Waals surface area (Å²) in [5.74, 6) is 0. The van der Waals surface area contributed by atoms with E-state index in [0.29, 0.717) is 16.6 Å². The molecular weight excluding hydrogens is 544 g/mol. The Hall–Kier alpha value is -5.92. The lowest BCUT2D eigenvalue weighted by Gasteiger charge is -2.17. The van der Waals surface area contributed by atoms with Crippen LogP contribution in [0.5, 0.6) is 0 Å². The van der Waals surface area contributed by atoms with Crippen LogP contribution in [0.1, 0.15) is 26.0 Å². The van der Waals surface area contributed by atoms with Crippen molar-refractivity contribution < 1.29 is 30.5 Å². The van der Waals surface area contributed by atoms with Crippen molar-refractivity contribution in [1.82, 2.24) is 0 Å². The Kier molecular flexibility index (Phi) is 2.60. The number of rotatable bonds is 3. The van der Waals surface area contributed by atoms with Gasteiger partial charge in [-0.05, 0) is 77.0 Å². The van der Waals surface area contributed by atoms with E-state index in [2.05, 4.69) is 0 Å². The molecule has 0 aliphatic rings. The third-order valence-corrected chi connectivity index (χ3v) is 8.11. The molecule has 0 atom stereocenters. The van der Waals surface area contributed by atoms with E-state index in [1.165, 1.54) is 0 Å². The van der Waals surface area contributed by atoms with Gasteiger partial charge in [-0.25, -0.2) is 0 Å². The van der Waals surface area contributed by atoms with E-state index in [-0.39, 0.29) is 43.4 Å². The number of hydrogen-bond donors (Lipinski definition) is 0. The minimum atomic E-state index is -0.896. The van der Waals surface area contributed by atoms with Gasteiger partial charge in [0.25, 0.3) is 0 Å². The summed E-state index contributed by atoms with van der Waals surface area (Å²) in [6.45, 7) is 0. The summed E-state index contributed by atoms with van der Waals surface area (Å²) in [4.78, 5) is 0. The second-order valence-electron chi connectivity index (χ2n) is 10.5. The Balaban J connectivity index is 1.38. The van der Waals surface area contributed by atoms with Crippen LogP contribution in [0.25, 0.3) is 98.4 Å². The van der Waals surface area contributed by atoms with Crippen LogP contribution in [0, 0.1) is 0 Å². The van der Waals surface area contributed by atoms with Crippen molar-refractivity contribution in [2.45, 2.75) is 0 Å². The molecule has 0 unspecified atom stereocenters. The van der Waals surface area contributed by atoms with Gasteiger partial charge in [0.15, 0.2) is 0 Å². The lowest BCUT2D eigenvalue weighted by molar-refractivity contribution is 0.670. The van der Waals surface area contributed by atoms with E-state index in [1.807, 2.05) is 12.1 Å². The SMILES string of the molecule is [2H]c1c([2H])c(-c2c([2H])c([2H])c3c([2H])c([2H])c4c([2H])c([2H])c(-c5cccc6c5oc5ccccc56)c5c([2H])c([2H])c2c3c45)c([2H])c([2H])c1-c1c([2H])c([2H])c([2H])c2c([2H])c([2H])c([2H])c([2H])c12. The van der Waals surface area contributed by atoms with Gasteiger partial charge < -0.3 is 4.42 Å². The monoisotopic (exact) mass is 589 g/mol. The quantitative estimate of drug-likeness (QED) is 0.187. The van der Waals surface area contributed by atoms with Crippen molar-refractivity contribution in [1.29, 1.82) is 0 Å². The first kappa shape index (κ1) is 12.6. The van der Waals surface area contributed by atoms with E-state index in [0.717, 1.165) is 5.39 Å². The Morgan fingerprint density at radius 3 is 1.80 bits per heavy atom. The molecule has 45 heavy (non-hydrogen) atoms. The van der Waals surface area contributed by atoms with E-state index in [1.54, 1.807) is 30.3 Å². The molecule has 0 amide bonds. The minimum Gasteiger partial charge on any atom is -0.455 e. The zero-order chi connectivity index (χ0) is 46.0. The molecule has 1 nitrogen and oxygen atoms in total. The van der Waals surface area contributed by atoms with Gasteiger partial charge in [-0.15, -0.1) is 0 Å². The Morgan fingerprint density at radius 1 is 0.378 bits per heavy atom. The molecule has 0 radical (unpaired) electrons. The lowest BCUT2D eigenvalue weighted by atomic mass is 9.86. The summed E-state index contributed by atoms with van der Waals surface area (Å²) < 4.78 is 178. The topological polar surface area (TPSA) is 13.1 Å². The predicted octanol–water partition coefficient (Wildman–Crippen LogP) is 12.6. The molecule has 0 aliphatic carbocycles. The van der Waals surface area contributed by atoms with Crippen LogP contribution in [0.4, 0.5) is 0 Å². The van der Waals surface area contributed by atoms with Crippen LogP contribution in [-0.2, 0) is 0 Å². The second-order valence-corrected chi connectivity index (χ2v) is 10.5. The maximum absolute atomic E-state index is 9.60. The molecule has 0 N–H and O–H groups in total. The highest BCUT2D eigenvalue weighted by Gasteiger charge is 2.18. The predicted molar refractivity (Wildman–Crippen MR) is 191 cm³/mol. The van der Waals surface area contributed by atoms with Gasteiger partial charge >= 0.3 is 0 Å². The first-order valence-electron chi connectivity index (χ1n) is 23.5. The zero-order valence-electron chi connectivity index (χ0n) is 41.9. The van der Waals surface area contributed by atoms with Crippen LogP contribution < -0.4 is 0 Å². The van der Waals surface area contributed by atoms with Gasteiger partial charge in [-0.1, -0.05) is 151 Å². The molecule has 1 heteroatoms. The molecule has 1 heterocycles. The first-order chi connectivity index (χ1) is 30.3. The number of hydrogen-bond acceptors (Lipinski definition) is 1. The maximum Gasteiger partial charge on any atom is 0.143 e. The zero-order valence-corrected chi connectivity index (χ0v) is 22.9. The number of furan rings is 1. The van der Waals surface area contributed by atoms with Crippen molar-refractivity contribution in [2.24, 2.45) is 0 Å². The van der Waals surface area contributed by atoms with Crippen molar-refractivity contribution in [2.75, 3.05) is 0 Å². The van der Waals surface area contributed by atoms with Gasteiger partial charge in [-0.3, -0.25) is 0 Å². The fraction of sp³-hybridized carbons (Fsp3) is 0. The molecule has 10 rings (SSSR count). The lowest BCUT2D eigenvalue weighted by Crippen LogP contribution is -1.90. The molecule has 0 fully saturated rings. The minimum absolute atomic E-state index is 0.0125. The normalized spacial score (nSPS) is 17.9. The largest absolute Gasteiger partial charge is 0.455 e. The highest BCUT2D eigenvalue weighted by Crippen LogP contribution is 2.44. The molecule has 0 saturated heterocycles. The molecule has 0 saturated carbocycles. The average Bonchev–Trinajstić information content (AvgIpc) is 3.66. The summed E-state index contributed by atoms with van der Waals surface area (Å²) in [6, 6.07) is -1.46. The van der Waals surface area contributed by atoms with Crippen LogP contribution >= 0.6 is 0 Å². The fourth-order valence-electron chi connectivity index (χ4n) is 6.08. The molecule has 0 bridgehead atoms. The molecule has 10 aromatic rings. The molecule has 1 aromatic heterocycles. The van der Waals surface area contributed by atoms with Crippen molar-refractivity contribution in [3.63, 3.8) is 0 Å². The van der Waals surface area contributed by atoms with Crippen molar-refractivity contribution in [3.05, 3.63) is 157 Å². The third-order valence-electron chi connectivity index (χ3n) is 8.11. The number of benzene rings is 9. The van der Waals surface area contributed by atoms with E-state index < -0.39 is 148 Å². The highest BCUT2D eigenvalue weighted by molar-refractivity contribution is 6.28. The van der Waals surface area contributed by atoms with Gasteiger partial charge in [-0.2, -0.15) is 0 Å². The van der Waals surface area contributed by atoms with E-state index >= 15 is 0 Å². The van der Waals surface area contributed by atoms with Gasteiger partial charge in [0.05, 0.1) is 26.0 Å². The Labute approximate surface area is 286 Å². The molecule has 0 spiro atoms. The fourth-order valence-corrected chi connectivity index (χ4v) is 6.08. The second kappa shape index (κ2) is 9.29.